The number of hydrogen-bond donors (Lipinski definition) is 4. The minimum atomic E-state index is 0.711. The van der Waals surface area contributed by atoms with E-state index in [1.54, 1.807) is 0 Å². The van der Waals surface area contributed by atoms with E-state index in [9.17, 15) is 0 Å². The molecule has 16 rings (SSSR count). The van der Waals surface area contributed by atoms with Crippen molar-refractivity contribution in [3.63, 3.8) is 0 Å². The Morgan fingerprint density at radius 2 is 0.578 bits per heavy atom. The molecule has 8 aromatic heterocycles. The van der Waals surface area contributed by atoms with Gasteiger partial charge in [0.05, 0.1) is 22.1 Å². The highest BCUT2D eigenvalue weighted by Crippen LogP contribution is 2.31. The molecule has 0 radical (unpaired) electrons. The molecule has 27 nitrogen and oxygen atoms in total. The molecule has 0 aliphatic carbocycles. The van der Waals surface area contributed by atoms with Crippen LogP contribution < -0.4 is 60.5 Å². The number of fused-ring (bicyclic) bond motifs is 4. The van der Waals surface area contributed by atoms with Gasteiger partial charge in [0.15, 0.2) is 0 Å². The smallest absolute Gasteiger partial charge is 0.227 e. The summed E-state index contributed by atoms with van der Waals surface area (Å²) in [5.41, 5.74) is 10.2. The lowest BCUT2D eigenvalue weighted by Crippen LogP contribution is -2.48. The predicted molar refractivity (Wildman–Crippen MR) is 539 cm³/mol. The average Bonchev–Trinajstić information content (AvgIpc) is 0.834. The van der Waals surface area contributed by atoms with Crippen LogP contribution in [0.25, 0.3) is 43.6 Å². The van der Waals surface area contributed by atoms with Crippen LogP contribution in [-0.2, 0) is 0 Å². The van der Waals surface area contributed by atoms with Crippen LogP contribution in [0.5, 0.6) is 0 Å². The van der Waals surface area contributed by atoms with Gasteiger partial charge in [-0.05, 0) is 210 Å². The standard InChI is InChI=1S/C25H34ClN7.C25H33ClN6.C24H32ClN7.C23H30ClN7/c1-4-32(5-2)25-29-19(3)17-24(30-25)33-15-13-31(14-16-33)12-6-10-27-22-9-11-28-23-18-20(26)7-8-21(22)23;1-3-31(4-2)24-7-5-8-25(29-24)32-17-15-30(16-18-32)14-6-12-27-22-11-13-28-23-19-20(26)9-10-21(22)23;1-4-31(5-2)24-28-18(3)16-23(29-24)32-14-12-30(13-15-32)11-10-27-21-8-9-26-22-17-19(25)6-7-20(21)22;1-3-30(4-2)23-27-10-8-22(28-23)31-15-13-29(14-16-31)12-11-26-20-7-9-25-21-17-18(24)5-6-19(20)21/h7-9,11,17-18H,4-6,10,12-16H2,1-3H3,(H,27,28);5,7-11,13,19H,3-4,6,12,14-18H2,1-2H3,(H,27,28);6-9,16-17H,4-5,10-15H2,1-3H3,(H,26,27);5-10,17H,3-4,11-16H2,1-2H3,(H,25,26). The first-order valence-corrected chi connectivity index (χ1v) is 47.5. The van der Waals surface area contributed by atoms with Gasteiger partial charge in [-0.1, -0.05) is 52.5 Å². The molecule has 4 saturated heterocycles. The number of nitrogens with zero attached hydrogens (tertiary/aromatic N) is 23. The summed E-state index contributed by atoms with van der Waals surface area (Å²) in [6, 6.07) is 44.1. The minimum absolute atomic E-state index is 0.711. The van der Waals surface area contributed by atoms with Gasteiger partial charge < -0.3 is 60.5 Å². The molecular weight excluding hydrogens is 1690 g/mol. The number of anilines is 12. The maximum atomic E-state index is 6.10. The summed E-state index contributed by atoms with van der Waals surface area (Å²) in [7, 11) is 0. The molecule has 680 valence electrons. The summed E-state index contributed by atoms with van der Waals surface area (Å²) in [5.74, 6) is 7.79. The summed E-state index contributed by atoms with van der Waals surface area (Å²) in [4.78, 5) is 79.4. The second-order valence-corrected chi connectivity index (χ2v) is 34.1. The van der Waals surface area contributed by atoms with E-state index in [-0.39, 0.29) is 0 Å². The lowest BCUT2D eigenvalue weighted by atomic mass is 10.2. The quantitative estimate of drug-likeness (QED) is 0.0275. The normalized spacial score (nSPS) is 14.7. The summed E-state index contributed by atoms with van der Waals surface area (Å²) in [6.07, 6.45) is 11.4. The molecule has 128 heavy (non-hydrogen) atoms. The fourth-order valence-corrected chi connectivity index (χ4v) is 17.5. The molecule has 0 atom stereocenters. The summed E-state index contributed by atoms with van der Waals surface area (Å²) in [6.45, 7) is 53.0. The van der Waals surface area contributed by atoms with Gasteiger partial charge in [0.25, 0.3) is 0 Å². The number of nitrogens with one attached hydrogen (secondary N) is 4. The van der Waals surface area contributed by atoms with Gasteiger partial charge in [0, 0.05) is 315 Å². The molecule has 31 heteroatoms. The summed E-state index contributed by atoms with van der Waals surface area (Å²) in [5, 5.41) is 21.6. The highest BCUT2D eigenvalue weighted by molar-refractivity contribution is 6.32. The van der Waals surface area contributed by atoms with Crippen LogP contribution in [-0.4, -0.2) is 284 Å². The zero-order chi connectivity index (χ0) is 89.7. The van der Waals surface area contributed by atoms with Gasteiger partial charge >= 0.3 is 0 Å². The second-order valence-electron chi connectivity index (χ2n) is 32.4. The molecule has 4 fully saturated rings. The van der Waals surface area contributed by atoms with E-state index in [1.165, 1.54) is 0 Å². The molecule has 0 saturated carbocycles. The summed E-state index contributed by atoms with van der Waals surface area (Å²) < 4.78 is 0. The molecule has 0 unspecified atom stereocenters. The van der Waals surface area contributed by atoms with Gasteiger partial charge in [-0.3, -0.25) is 39.5 Å². The van der Waals surface area contributed by atoms with Gasteiger partial charge in [-0.2, -0.15) is 15.0 Å². The van der Waals surface area contributed by atoms with E-state index in [4.69, 9.17) is 66.3 Å². The van der Waals surface area contributed by atoms with Crippen LogP contribution in [0.15, 0.2) is 164 Å². The monoisotopic (exact) mass is 1810 g/mol. The Morgan fingerprint density at radius 3 is 0.922 bits per heavy atom. The Labute approximate surface area is 777 Å². The van der Waals surface area contributed by atoms with Crippen molar-refractivity contribution in [2.45, 2.75) is 82.1 Å². The number of halogens is 4. The number of aromatic nitrogens is 11. The van der Waals surface area contributed by atoms with Crippen molar-refractivity contribution in [3.05, 3.63) is 196 Å². The van der Waals surface area contributed by atoms with Gasteiger partial charge in [-0.25, -0.2) is 19.9 Å². The minimum Gasteiger partial charge on any atom is -0.384 e. The van der Waals surface area contributed by atoms with E-state index in [0.29, 0.717) is 15.1 Å². The maximum Gasteiger partial charge on any atom is 0.227 e. The summed E-state index contributed by atoms with van der Waals surface area (Å²) >= 11 is 24.4. The van der Waals surface area contributed by atoms with E-state index in [0.717, 1.165) is 352 Å². The third kappa shape index (κ3) is 26.4. The zero-order valence-electron chi connectivity index (χ0n) is 76.4. The van der Waals surface area contributed by atoms with E-state index >= 15 is 0 Å². The van der Waals surface area contributed by atoms with Crippen molar-refractivity contribution in [3.8, 4) is 0 Å². The molecule has 4 aromatic carbocycles. The van der Waals surface area contributed by atoms with Gasteiger partial charge in [0.1, 0.15) is 29.1 Å². The van der Waals surface area contributed by atoms with Crippen LogP contribution >= 0.6 is 46.4 Å². The van der Waals surface area contributed by atoms with Crippen LogP contribution in [0.4, 0.5) is 69.7 Å². The van der Waals surface area contributed by atoms with Crippen molar-refractivity contribution in [1.82, 2.24) is 74.4 Å². The van der Waals surface area contributed by atoms with Gasteiger partial charge in [0.2, 0.25) is 17.8 Å². The SMILES string of the molecule is CCN(CC)c1cccc(N2CCN(CCCNc3ccnc4cc(Cl)ccc34)CC2)n1.CCN(CC)c1nc(C)cc(N2CCN(CCCNc3ccnc4cc(Cl)ccc34)CC2)n1.CCN(CC)c1nc(C)cc(N2CCN(CCNc3ccnc4cc(Cl)ccc34)CC2)n1.CCN(CC)c1nccc(N2CCN(CCNc3ccnc4cc(Cl)ccc34)CC2)n1. The molecular formula is C97H129Cl4N27. The lowest BCUT2D eigenvalue weighted by molar-refractivity contribution is 0.256. The van der Waals surface area contributed by atoms with Crippen molar-refractivity contribution in [1.29, 1.82) is 0 Å². The van der Waals surface area contributed by atoms with Crippen LogP contribution in [0.3, 0.4) is 0 Å². The molecule has 4 aliphatic heterocycles. The van der Waals surface area contributed by atoms with E-state index < -0.39 is 0 Å². The Morgan fingerprint density at radius 1 is 0.281 bits per heavy atom. The molecule has 0 spiro atoms. The molecule has 12 heterocycles. The number of rotatable bonds is 34. The lowest BCUT2D eigenvalue weighted by Gasteiger charge is -2.36. The molecule has 12 aromatic rings. The van der Waals surface area contributed by atoms with Crippen molar-refractivity contribution in [2.75, 3.05) is 270 Å². The van der Waals surface area contributed by atoms with Crippen molar-refractivity contribution >= 4 is 160 Å². The Hall–Kier alpha value is -10.5. The van der Waals surface area contributed by atoms with Crippen molar-refractivity contribution in [2.24, 2.45) is 0 Å². The van der Waals surface area contributed by atoms with Crippen molar-refractivity contribution < 1.29 is 0 Å². The number of aryl methyl sites for hydroxylation is 2. The first kappa shape index (κ1) is 95.1. The number of benzene rings is 4. The Balaban J connectivity index is 0.000000146. The third-order valence-corrected chi connectivity index (χ3v) is 25.2. The van der Waals surface area contributed by atoms with Crippen LogP contribution in [0.1, 0.15) is 79.6 Å². The number of piperazine rings is 4. The zero-order valence-corrected chi connectivity index (χ0v) is 79.5. The number of pyridine rings is 5. The fraction of sp³-hybridized carbons (Fsp3) is 0.454. The average molecular weight is 1820 g/mol. The highest BCUT2D eigenvalue weighted by atomic mass is 35.5. The topological polar surface area (TPSA) is 229 Å². The highest BCUT2D eigenvalue weighted by Gasteiger charge is 2.25. The largest absolute Gasteiger partial charge is 0.384 e. The third-order valence-electron chi connectivity index (χ3n) is 24.3. The predicted octanol–water partition coefficient (Wildman–Crippen LogP) is 17.0. The first-order valence-electron chi connectivity index (χ1n) is 46.0. The first-order chi connectivity index (χ1) is 62.5. The van der Waals surface area contributed by atoms with Gasteiger partial charge in [-0.15, -0.1) is 0 Å². The van der Waals surface area contributed by atoms with Crippen LogP contribution in [0.2, 0.25) is 20.1 Å². The Kier molecular flexibility index (Phi) is 35.8. The molecule has 4 N–H and O–H groups in total. The van der Waals surface area contributed by atoms with Crippen LogP contribution in [0, 0.1) is 13.8 Å². The Bertz CT molecular complexity index is 5460. The molecule has 4 aliphatic rings. The molecule has 0 bridgehead atoms. The molecule has 0 amide bonds. The fourth-order valence-electron chi connectivity index (χ4n) is 16.8. The second kappa shape index (κ2) is 48.2. The van der Waals surface area contributed by atoms with E-state index in [2.05, 4.69) is 215 Å². The maximum absolute atomic E-state index is 6.10. The number of hydrogen-bond acceptors (Lipinski definition) is 27. The van der Waals surface area contributed by atoms with E-state index in [1.807, 2.05) is 134 Å².